The molecule has 0 spiro atoms. The zero-order chi connectivity index (χ0) is 10.6. The number of aliphatic carboxylic acids is 2. The molecular weight excluding hydrogens is 188 g/mol. The summed E-state index contributed by atoms with van der Waals surface area (Å²) in [6.07, 6.45) is -0.287. The van der Waals surface area contributed by atoms with Crippen molar-refractivity contribution in [3.63, 3.8) is 0 Å². The molecule has 13 heavy (non-hydrogen) atoms. The van der Waals surface area contributed by atoms with E-state index in [2.05, 4.69) is 0 Å². The maximum atomic E-state index is 10.7. The van der Waals surface area contributed by atoms with Gasteiger partial charge in [0.2, 0.25) is 0 Å². The molecule has 0 aliphatic carbocycles. The van der Waals surface area contributed by atoms with Crippen molar-refractivity contribution in [3.8, 4) is 0 Å². The van der Waals surface area contributed by atoms with E-state index in [1.807, 2.05) is 20.8 Å². The Labute approximate surface area is 79.8 Å². The fourth-order valence-corrected chi connectivity index (χ4v) is 2.34. The molecule has 2 N–H and O–H groups in total. The molecule has 74 valence electrons. The van der Waals surface area contributed by atoms with Gasteiger partial charge in [-0.3, -0.25) is 9.59 Å². The van der Waals surface area contributed by atoms with Crippen molar-refractivity contribution in [3.05, 3.63) is 0 Å². The number of carboxylic acid groups (broad SMARTS) is 2. The highest BCUT2D eigenvalue weighted by atomic mass is 28.2. The van der Waals surface area contributed by atoms with E-state index in [0.29, 0.717) is 0 Å². The third kappa shape index (κ3) is 6.33. The van der Waals surface area contributed by atoms with Crippen molar-refractivity contribution in [1.29, 1.82) is 0 Å². The van der Waals surface area contributed by atoms with E-state index in [1.165, 1.54) is 0 Å². The summed E-state index contributed by atoms with van der Waals surface area (Å²) in [5, 5.41) is 17.1. The summed E-state index contributed by atoms with van der Waals surface area (Å²) < 4.78 is 0. The summed E-state index contributed by atoms with van der Waals surface area (Å²) >= 11 is 0. The van der Waals surface area contributed by atoms with Crippen LogP contribution in [0.15, 0.2) is 0 Å². The van der Waals surface area contributed by atoms with Crippen molar-refractivity contribution in [2.45, 2.75) is 37.8 Å². The van der Waals surface area contributed by atoms with Crippen LogP contribution in [0.3, 0.4) is 0 Å². The van der Waals surface area contributed by atoms with Crippen LogP contribution < -0.4 is 0 Å². The van der Waals surface area contributed by atoms with Crippen LogP contribution in [0.2, 0.25) is 10.6 Å². The first-order chi connectivity index (χ1) is 5.72. The van der Waals surface area contributed by atoms with Crippen LogP contribution in [0.5, 0.6) is 0 Å². The molecule has 0 saturated carbocycles. The minimum absolute atomic E-state index is 0.125. The van der Waals surface area contributed by atoms with Gasteiger partial charge in [0, 0.05) is 0 Å². The van der Waals surface area contributed by atoms with Gasteiger partial charge in [-0.1, -0.05) is 20.8 Å². The van der Waals surface area contributed by atoms with Crippen molar-refractivity contribution >= 4 is 21.5 Å². The molecular formula is C8H14O4Si. The van der Waals surface area contributed by atoms with Crippen LogP contribution in [-0.2, 0) is 9.59 Å². The molecule has 0 aromatic heterocycles. The summed E-state index contributed by atoms with van der Waals surface area (Å²) in [6, 6.07) is 0. The number of rotatable bonds is 4. The van der Waals surface area contributed by atoms with Gasteiger partial charge in [0.25, 0.3) is 0 Å². The van der Waals surface area contributed by atoms with Gasteiger partial charge >= 0.3 is 11.9 Å². The fourth-order valence-electron chi connectivity index (χ4n) is 0.897. The van der Waals surface area contributed by atoms with Crippen molar-refractivity contribution in [1.82, 2.24) is 0 Å². The summed E-state index contributed by atoms with van der Waals surface area (Å²) in [4.78, 5) is 21.0. The molecule has 0 aliphatic rings. The molecule has 0 aromatic rings. The highest BCUT2D eigenvalue weighted by Crippen LogP contribution is 2.27. The monoisotopic (exact) mass is 202 g/mol. The molecule has 0 rings (SSSR count). The first kappa shape index (κ1) is 12.2. The topological polar surface area (TPSA) is 74.6 Å². The van der Waals surface area contributed by atoms with Gasteiger partial charge in [-0.05, 0) is 5.04 Å². The number of carbonyl (C=O) groups is 2. The molecule has 0 aromatic carbocycles. The Morgan fingerprint density at radius 1 is 1.31 bits per heavy atom. The second kappa shape index (κ2) is 4.41. The number of hydrogen-bond donors (Lipinski definition) is 2. The normalized spacial score (nSPS) is 13.8. The van der Waals surface area contributed by atoms with Crippen LogP contribution >= 0.6 is 0 Å². The molecule has 2 radical (unpaired) electrons. The van der Waals surface area contributed by atoms with E-state index < -0.39 is 17.5 Å². The quantitative estimate of drug-likeness (QED) is 0.673. The molecule has 5 heteroatoms. The van der Waals surface area contributed by atoms with Crippen LogP contribution in [0.25, 0.3) is 0 Å². The highest BCUT2D eigenvalue weighted by Gasteiger charge is 2.27. The third-order valence-corrected chi connectivity index (χ3v) is 2.95. The van der Waals surface area contributed by atoms with Gasteiger partial charge in [-0.2, -0.15) is 0 Å². The molecule has 4 nitrogen and oxygen atoms in total. The smallest absolute Gasteiger partial charge is 0.303 e. The van der Waals surface area contributed by atoms with E-state index in [4.69, 9.17) is 10.2 Å². The Hall–Kier alpha value is -0.843. The third-order valence-electron chi connectivity index (χ3n) is 1.28. The molecule has 0 heterocycles. The van der Waals surface area contributed by atoms with E-state index in [-0.39, 0.29) is 21.0 Å². The van der Waals surface area contributed by atoms with E-state index in [9.17, 15) is 9.59 Å². The van der Waals surface area contributed by atoms with E-state index in [0.717, 1.165) is 0 Å². The summed E-state index contributed by atoms with van der Waals surface area (Å²) in [6.45, 7) is 5.72. The lowest BCUT2D eigenvalue weighted by Crippen LogP contribution is -2.24. The first-order valence-electron chi connectivity index (χ1n) is 3.94. The molecule has 0 amide bonds. The van der Waals surface area contributed by atoms with Gasteiger partial charge < -0.3 is 10.2 Å². The molecule has 0 bridgehead atoms. The molecule has 1 atom stereocenters. The molecule has 0 fully saturated rings. The Morgan fingerprint density at radius 2 is 1.77 bits per heavy atom. The van der Waals surface area contributed by atoms with Crippen LogP contribution in [-0.4, -0.2) is 31.7 Å². The minimum Gasteiger partial charge on any atom is -0.481 e. The average molecular weight is 202 g/mol. The largest absolute Gasteiger partial charge is 0.481 e. The fraction of sp³-hybridized carbons (Fsp3) is 0.750. The van der Waals surface area contributed by atoms with Gasteiger partial charge in [0.05, 0.1) is 21.5 Å². The Balaban J connectivity index is 4.27. The Bertz CT molecular complexity index is 207. The van der Waals surface area contributed by atoms with E-state index in [1.54, 1.807) is 0 Å². The molecule has 0 aliphatic heterocycles. The van der Waals surface area contributed by atoms with Gasteiger partial charge in [0.1, 0.15) is 0 Å². The Kier molecular flexibility index (Phi) is 4.12. The van der Waals surface area contributed by atoms with Crippen molar-refractivity contribution in [2.75, 3.05) is 0 Å². The predicted octanol–water partition coefficient (Wildman–Crippen LogP) is 1.26. The predicted molar refractivity (Wildman–Crippen MR) is 49.1 cm³/mol. The summed E-state index contributed by atoms with van der Waals surface area (Å²) in [7, 11) is 0.125. The van der Waals surface area contributed by atoms with Gasteiger partial charge in [-0.25, -0.2) is 0 Å². The lowest BCUT2D eigenvalue weighted by atomic mass is 10.2. The van der Waals surface area contributed by atoms with Gasteiger partial charge in [-0.15, -0.1) is 0 Å². The van der Waals surface area contributed by atoms with Crippen molar-refractivity contribution in [2.24, 2.45) is 0 Å². The summed E-state index contributed by atoms with van der Waals surface area (Å²) in [5.41, 5.74) is -0.752. The van der Waals surface area contributed by atoms with Crippen LogP contribution in [0.1, 0.15) is 27.2 Å². The zero-order valence-corrected chi connectivity index (χ0v) is 9.00. The second-order valence-corrected chi connectivity index (χ2v) is 6.37. The lowest BCUT2D eigenvalue weighted by Gasteiger charge is -2.20. The van der Waals surface area contributed by atoms with Crippen molar-refractivity contribution < 1.29 is 19.8 Å². The molecule has 1 unspecified atom stereocenters. The minimum atomic E-state index is -1.05. The van der Waals surface area contributed by atoms with Crippen LogP contribution in [0, 0.1) is 0 Å². The lowest BCUT2D eigenvalue weighted by molar-refractivity contribution is -0.143. The Morgan fingerprint density at radius 3 is 2.00 bits per heavy atom. The molecule has 0 saturated heterocycles. The second-order valence-electron chi connectivity index (χ2n) is 3.88. The maximum absolute atomic E-state index is 10.7. The van der Waals surface area contributed by atoms with Crippen LogP contribution in [0.4, 0.5) is 0 Å². The number of carboxylic acids is 2. The summed E-state index contributed by atoms with van der Waals surface area (Å²) in [5.74, 6) is -2.07. The highest BCUT2D eigenvalue weighted by molar-refractivity contribution is 6.47. The average Bonchev–Trinajstić information content (AvgIpc) is 1.81. The zero-order valence-electron chi connectivity index (χ0n) is 8.00. The van der Waals surface area contributed by atoms with Gasteiger partial charge in [0.15, 0.2) is 0 Å². The first-order valence-corrected chi connectivity index (χ1v) is 5.02. The SMILES string of the molecule is CC(C)(C)[Si]C(CC(=O)O)C(=O)O. The standard InChI is InChI=1S/C8H14O4Si/c1-8(2,3)13-5(7(11)12)4-6(9)10/h5H,4H2,1-3H3,(H,9,10)(H,11,12). The maximum Gasteiger partial charge on any atom is 0.303 e. The number of hydrogen-bond acceptors (Lipinski definition) is 2. The van der Waals surface area contributed by atoms with E-state index >= 15 is 0 Å².